The summed E-state index contributed by atoms with van der Waals surface area (Å²) >= 11 is 0. The van der Waals surface area contributed by atoms with Gasteiger partial charge in [0.15, 0.2) is 0 Å². The molecule has 2 N–H and O–H groups in total. The fraction of sp³-hybridized carbons (Fsp3) is 0.444. The minimum Gasteiger partial charge on any atom is -0.381 e. The van der Waals surface area contributed by atoms with E-state index >= 15 is 0 Å². The van der Waals surface area contributed by atoms with E-state index in [2.05, 4.69) is 34.8 Å². The summed E-state index contributed by atoms with van der Waals surface area (Å²) in [6, 6.07) is 11.8. The minimum absolute atomic E-state index is 0.0481. The first kappa shape index (κ1) is 16.5. The average molecular weight is 328 g/mol. The van der Waals surface area contributed by atoms with Gasteiger partial charge < -0.3 is 10.1 Å². The number of nitrogens with zero attached hydrogens (tertiary/aromatic N) is 2. The van der Waals surface area contributed by atoms with Gasteiger partial charge in [0.2, 0.25) is 0 Å². The number of carbonyl (C=O) groups is 1. The molecule has 0 aliphatic carbocycles. The summed E-state index contributed by atoms with van der Waals surface area (Å²) in [4.78, 5) is 12.2. The van der Waals surface area contributed by atoms with Crippen molar-refractivity contribution >= 4 is 11.8 Å². The number of urea groups is 1. The highest BCUT2D eigenvalue weighted by molar-refractivity contribution is 5.88. The van der Waals surface area contributed by atoms with Crippen molar-refractivity contribution in [2.45, 2.75) is 25.8 Å². The Morgan fingerprint density at radius 2 is 2.04 bits per heavy atom. The molecule has 6 nitrogen and oxygen atoms in total. The number of amides is 2. The Morgan fingerprint density at radius 1 is 1.29 bits per heavy atom. The van der Waals surface area contributed by atoms with Crippen molar-refractivity contribution in [1.82, 2.24) is 15.1 Å². The lowest BCUT2D eigenvalue weighted by Crippen LogP contribution is -2.35. The number of hydrogen-bond donors (Lipinski definition) is 2. The fourth-order valence-electron chi connectivity index (χ4n) is 2.94. The maximum absolute atomic E-state index is 12.2. The normalized spacial score (nSPS) is 16.5. The Hall–Kier alpha value is -2.34. The van der Waals surface area contributed by atoms with Gasteiger partial charge in [-0.25, -0.2) is 9.48 Å². The van der Waals surface area contributed by atoms with Crippen molar-refractivity contribution in [1.29, 1.82) is 0 Å². The number of nitrogens with one attached hydrogen (secondary N) is 2. The van der Waals surface area contributed by atoms with Crippen LogP contribution in [0.25, 0.3) is 0 Å². The third-order valence-electron chi connectivity index (χ3n) is 4.45. The molecule has 2 aromatic rings. The molecule has 6 heteroatoms. The molecule has 3 rings (SSSR count). The van der Waals surface area contributed by atoms with Crippen molar-refractivity contribution in [2.75, 3.05) is 25.1 Å². The van der Waals surface area contributed by atoms with Crippen LogP contribution in [0.15, 0.2) is 42.6 Å². The SMILES string of the molecule is CC(c1ccccc1)n1nccc1NC(=O)NCC1CCOCC1. The second kappa shape index (κ2) is 7.97. The lowest BCUT2D eigenvalue weighted by Gasteiger charge is -2.22. The largest absolute Gasteiger partial charge is 0.381 e. The maximum atomic E-state index is 12.2. The highest BCUT2D eigenvalue weighted by Gasteiger charge is 2.16. The van der Waals surface area contributed by atoms with Gasteiger partial charge in [0.05, 0.1) is 12.2 Å². The lowest BCUT2D eigenvalue weighted by atomic mass is 10.0. The van der Waals surface area contributed by atoms with Crippen LogP contribution in [0, 0.1) is 5.92 Å². The number of benzene rings is 1. The van der Waals surface area contributed by atoms with Crippen LogP contribution in [0.5, 0.6) is 0 Å². The van der Waals surface area contributed by atoms with Gasteiger partial charge in [-0.2, -0.15) is 5.10 Å². The molecule has 1 aliphatic rings. The van der Waals surface area contributed by atoms with Gasteiger partial charge in [-0.15, -0.1) is 0 Å². The smallest absolute Gasteiger partial charge is 0.320 e. The standard InChI is InChI=1S/C18H24N4O2/c1-14(16-5-3-2-4-6-16)22-17(7-10-20-22)21-18(23)19-13-15-8-11-24-12-9-15/h2-7,10,14-15H,8-9,11-13H2,1H3,(H2,19,21,23). The Morgan fingerprint density at radius 3 is 2.79 bits per heavy atom. The predicted molar refractivity (Wildman–Crippen MR) is 93.0 cm³/mol. The monoisotopic (exact) mass is 328 g/mol. The van der Waals surface area contributed by atoms with E-state index in [1.165, 1.54) is 0 Å². The Kier molecular flexibility index (Phi) is 5.48. The summed E-state index contributed by atoms with van der Waals surface area (Å²) in [5, 5.41) is 10.2. The van der Waals surface area contributed by atoms with E-state index in [1.807, 2.05) is 28.9 Å². The number of carbonyl (C=O) groups excluding carboxylic acids is 1. The molecule has 0 radical (unpaired) electrons. The minimum atomic E-state index is -0.191. The molecule has 1 saturated heterocycles. The van der Waals surface area contributed by atoms with Crippen LogP contribution >= 0.6 is 0 Å². The van der Waals surface area contributed by atoms with Crippen LogP contribution < -0.4 is 10.6 Å². The van der Waals surface area contributed by atoms with Crippen molar-refractivity contribution in [2.24, 2.45) is 5.92 Å². The van der Waals surface area contributed by atoms with Crippen LogP contribution in [-0.2, 0) is 4.74 Å². The molecule has 2 amide bonds. The summed E-state index contributed by atoms with van der Waals surface area (Å²) in [5.41, 5.74) is 1.15. The lowest BCUT2D eigenvalue weighted by molar-refractivity contribution is 0.0671. The molecular formula is C18H24N4O2. The third kappa shape index (κ3) is 4.14. The molecule has 1 aliphatic heterocycles. The zero-order chi connectivity index (χ0) is 16.8. The Labute approximate surface area is 142 Å². The maximum Gasteiger partial charge on any atom is 0.320 e. The summed E-state index contributed by atoms with van der Waals surface area (Å²) in [6.45, 7) is 4.32. The van der Waals surface area contributed by atoms with E-state index in [0.29, 0.717) is 18.3 Å². The van der Waals surface area contributed by atoms with Crippen molar-refractivity contribution < 1.29 is 9.53 Å². The highest BCUT2D eigenvalue weighted by atomic mass is 16.5. The summed E-state index contributed by atoms with van der Waals surface area (Å²) < 4.78 is 7.16. The Balaban J connectivity index is 1.57. The summed E-state index contributed by atoms with van der Waals surface area (Å²) in [7, 11) is 0. The Bertz CT molecular complexity index is 650. The average Bonchev–Trinajstić information content (AvgIpc) is 3.09. The molecule has 128 valence electrons. The number of hydrogen-bond acceptors (Lipinski definition) is 3. The molecule has 1 atom stereocenters. The van der Waals surface area contributed by atoms with Gasteiger partial charge in [-0.3, -0.25) is 5.32 Å². The van der Waals surface area contributed by atoms with E-state index in [9.17, 15) is 4.79 Å². The second-order valence-corrected chi connectivity index (χ2v) is 6.14. The number of rotatable bonds is 5. The first-order chi connectivity index (χ1) is 11.7. The van der Waals surface area contributed by atoms with Gasteiger partial charge in [0.25, 0.3) is 0 Å². The molecule has 1 aromatic heterocycles. The molecule has 1 fully saturated rings. The van der Waals surface area contributed by atoms with Crippen LogP contribution in [0.3, 0.4) is 0 Å². The predicted octanol–water partition coefficient (Wildman–Crippen LogP) is 3.04. The van der Waals surface area contributed by atoms with Crippen LogP contribution in [0.4, 0.5) is 10.6 Å². The first-order valence-corrected chi connectivity index (χ1v) is 8.45. The van der Waals surface area contributed by atoms with Gasteiger partial charge in [-0.1, -0.05) is 30.3 Å². The summed E-state index contributed by atoms with van der Waals surface area (Å²) in [5.74, 6) is 1.19. The van der Waals surface area contributed by atoms with Crippen molar-refractivity contribution in [3.05, 3.63) is 48.2 Å². The highest BCUT2D eigenvalue weighted by Crippen LogP contribution is 2.21. The number of anilines is 1. The van der Waals surface area contributed by atoms with Crippen molar-refractivity contribution in [3.8, 4) is 0 Å². The number of aromatic nitrogens is 2. The van der Waals surface area contributed by atoms with Crippen molar-refractivity contribution in [3.63, 3.8) is 0 Å². The first-order valence-electron chi connectivity index (χ1n) is 8.45. The zero-order valence-electron chi connectivity index (χ0n) is 13.9. The van der Waals surface area contributed by atoms with E-state index in [0.717, 1.165) is 31.6 Å². The van der Waals surface area contributed by atoms with Crippen LogP contribution in [0.1, 0.15) is 31.4 Å². The van der Waals surface area contributed by atoms with E-state index in [1.54, 1.807) is 6.20 Å². The van der Waals surface area contributed by atoms with E-state index < -0.39 is 0 Å². The number of ether oxygens (including phenoxy) is 1. The van der Waals surface area contributed by atoms with Crippen LogP contribution in [-0.4, -0.2) is 35.6 Å². The second-order valence-electron chi connectivity index (χ2n) is 6.14. The van der Waals surface area contributed by atoms with E-state index in [-0.39, 0.29) is 12.1 Å². The molecule has 2 heterocycles. The topological polar surface area (TPSA) is 68.2 Å². The van der Waals surface area contributed by atoms with Crippen LogP contribution in [0.2, 0.25) is 0 Å². The fourth-order valence-corrected chi connectivity index (χ4v) is 2.94. The molecule has 1 unspecified atom stereocenters. The summed E-state index contributed by atoms with van der Waals surface area (Å²) in [6.07, 6.45) is 3.71. The van der Waals surface area contributed by atoms with E-state index in [4.69, 9.17) is 4.74 Å². The molecule has 1 aromatic carbocycles. The van der Waals surface area contributed by atoms with Gasteiger partial charge in [0, 0.05) is 25.8 Å². The molecule has 0 spiro atoms. The third-order valence-corrected chi connectivity index (χ3v) is 4.45. The quantitative estimate of drug-likeness (QED) is 0.886. The van der Waals surface area contributed by atoms with Gasteiger partial charge in [-0.05, 0) is 31.2 Å². The van der Waals surface area contributed by atoms with Gasteiger partial charge in [0.1, 0.15) is 5.82 Å². The van der Waals surface area contributed by atoms with Gasteiger partial charge >= 0.3 is 6.03 Å². The molecule has 0 saturated carbocycles. The molecule has 24 heavy (non-hydrogen) atoms. The molecular weight excluding hydrogens is 304 g/mol. The zero-order valence-corrected chi connectivity index (χ0v) is 13.9. The molecule has 0 bridgehead atoms.